The molecule has 8 heteroatoms. The van der Waals surface area contributed by atoms with Crippen molar-refractivity contribution in [2.75, 3.05) is 13.2 Å². The number of thioether (sulfide) groups is 1. The summed E-state index contributed by atoms with van der Waals surface area (Å²) in [6.07, 6.45) is 3.59. The van der Waals surface area contributed by atoms with Gasteiger partial charge in [0.05, 0.1) is 16.6 Å². The second-order valence-electron chi connectivity index (χ2n) is 12.8. The van der Waals surface area contributed by atoms with Gasteiger partial charge in [0.1, 0.15) is 6.04 Å². The number of rotatable bonds is 10. The summed E-state index contributed by atoms with van der Waals surface area (Å²) in [7, 11) is 0. The molecule has 0 saturated carbocycles. The summed E-state index contributed by atoms with van der Waals surface area (Å²) in [5, 5.41) is 15.7. The van der Waals surface area contributed by atoms with Crippen LogP contribution in [0.3, 0.4) is 0 Å². The van der Waals surface area contributed by atoms with Gasteiger partial charge in [0.15, 0.2) is 0 Å². The molecule has 0 aromatic heterocycles. The molecule has 2 bridgehead atoms. The number of carbonyl (C=O) groups excluding carboxylic acids is 3. The highest BCUT2D eigenvalue weighted by Crippen LogP contribution is 2.66. The average Bonchev–Trinajstić information content (AvgIpc) is 3.44. The van der Waals surface area contributed by atoms with Crippen LogP contribution < -0.4 is 10.6 Å². The zero-order valence-corrected chi connectivity index (χ0v) is 23.7. The number of hydrogen-bond acceptors (Lipinski definition) is 5. The first-order chi connectivity index (χ1) is 17.4. The smallest absolute Gasteiger partial charge is 0.244 e. The Morgan fingerprint density at radius 2 is 1.81 bits per heavy atom. The lowest BCUT2D eigenvalue weighted by atomic mass is 9.70. The van der Waals surface area contributed by atoms with E-state index in [2.05, 4.69) is 31.4 Å². The number of nitrogens with one attached hydrogen (secondary N) is 2. The monoisotopic (exact) mass is 529 g/mol. The number of amides is 3. The van der Waals surface area contributed by atoms with E-state index in [4.69, 9.17) is 0 Å². The van der Waals surface area contributed by atoms with Crippen LogP contribution >= 0.6 is 11.8 Å². The summed E-state index contributed by atoms with van der Waals surface area (Å²) in [5.41, 5.74) is 0.618. The molecule has 1 aromatic carbocycles. The maximum absolute atomic E-state index is 14.0. The third-order valence-corrected chi connectivity index (χ3v) is 9.85. The van der Waals surface area contributed by atoms with Crippen LogP contribution in [0.25, 0.3) is 0 Å². The summed E-state index contributed by atoms with van der Waals surface area (Å²) in [5.74, 6) is -1.22. The van der Waals surface area contributed by atoms with Crippen molar-refractivity contribution in [2.45, 2.75) is 94.8 Å². The lowest BCUT2D eigenvalue weighted by Crippen LogP contribution is -2.58. The van der Waals surface area contributed by atoms with Gasteiger partial charge in [-0.2, -0.15) is 0 Å². The van der Waals surface area contributed by atoms with Gasteiger partial charge in [0, 0.05) is 30.5 Å². The molecule has 3 saturated heterocycles. The predicted molar refractivity (Wildman–Crippen MR) is 147 cm³/mol. The molecule has 3 fully saturated rings. The molecule has 1 spiro atoms. The summed E-state index contributed by atoms with van der Waals surface area (Å²) in [6, 6.07) is 9.17. The Balaban J connectivity index is 1.58. The van der Waals surface area contributed by atoms with Crippen molar-refractivity contribution in [2.24, 2.45) is 17.3 Å². The van der Waals surface area contributed by atoms with Crippen molar-refractivity contribution in [3.63, 3.8) is 0 Å². The Kier molecular flexibility index (Phi) is 8.01. The third kappa shape index (κ3) is 5.70. The lowest BCUT2D eigenvalue weighted by molar-refractivity contribution is -0.140. The van der Waals surface area contributed by atoms with E-state index in [0.29, 0.717) is 25.9 Å². The number of aliphatic hydroxyl groups excluding tert-OH is 1. The molecule has 2 unspecified atom stereocenters. The highest BCUT2D eigenvalue weighted by atomic mass is 32.2. The van der Waals surface area contributed by atoms with Crippen LogP contribution in [0.15, 0.2) is 30.3 Å². The van der Waals surface area contributed by atoms with Gasteiger partial charge >= 0.3 is 0 Å². The summed E-state index contributed by atoms with van der Waals surface area (Å²) >= 11 is 1.70. The van der Waals surface area contributed by atoms with E-state index < -0.39 is 28.2 Å². The van der Waals surface area contributed by atoms with Crippen LogP contribution in [0.5, 0.6) is 0 Å². The molecule has 3 amide bonds. The van der Waals surface area contributed by atoms with E-state index in [9.17, 15) is 19.5 Å². The number of nitrogens with zero attached hydrogens (tertiary/aromatic N) is 1. The maximum atomic E-state index is 14.0. The van der Waals surface area contributed by atoms with Gasteiger partial charge in [-0.15, -0.1) is 11.8 Å². The fourth-order valence-corrected chi connectivity index (χ4v) is 9.28. The first-order valence-corrected chi connectivity index (χ1v) is 14.5. The second-order valence-corrected chi connectivity index (χ2v) is 14.4. The topological polar surface area (TPSA) is 98.7 Å². The number of unbranched alkanes of at least 4 members (excludes halogenated alkanes) is 1. The quantitative estimate of drug-likeness (QED) is 0.403. The van der Waals surface area contributed by atoms with Crippen LogP contribution in [0, 0.1) is 17.3 Å². The van der Waals surface area contributed by atoms with Gasteiger partial charge in [-0.25, -0.2) is 0 Å². The van der Waals surface area contributed by atoms with Gasteiger partial charge in [0.25, 0.3) is 0 Å². The number of hydrogen-bond donors (Lipinski definition) is 3. The third-order valence-electron chi connectivity index (χ3n) is 7.90. The Labute approximate surface area is 225 Å². The second kappa shape index (κ2) is 10.6. The minimum Gasteiger partial charge on any atom is -0.396 e. The van der Waals surface area contributed by atoms with Gasteiger partial charge in [-0.05, 0) is 56.9 Å². The van der Waals surface area contributed by atoms with Crippen LogP contribution in [0.2, 0.25) is 0 Å². The van der Waals surface area contributed by atoms with E-state index in [-0.39, 0.29) is 35.0 Å². The van der Waals surface area contributed by atoms with E-state index in [1.54, 1.807) is 16.7 Å². The van der Waals surface area contributed by atoms with Crippen molar-refractivity contribution in [3.8, 4) is 0 Å². The molecule has 3 aliphatic rings. The highest BCUT2D eigenvalue weighted by molar-refractivity contribution is 8.02. The van der Waals surface area contributed by atoms with Crippen molar-refractivity contribution < 1.29 is 19.5 Å². The minimum atomic E-state index is -0.607. The number of benzene rings is 1. The maximum Gasteiger partial charge on any atom is 0.244 e. The van der Waals surface area contributed by atoms with Crippen LogP contribution in [-0.4, -0.2) is 62.5 Å². The van der Waals surface area contributed by atoms with E-state index in [1.807, 2.05) is 44.2 Å². The Morgan fingerprint density at radius 3 is 2.46 bits per heavy atom. The minimum absolute atomic E-state index is 0.0341. The summed E-state index contributed by atoms with van der Waals surface area (Å²) in [4.78, 5) is 43.2. The molecule has 7 nitrogen and oxygen atoms in total. The molecule has 5 atom stereocenters. The van der Waals surface area contributed by atoms with Crippen molar-refractivity contribution >= 4 is 29.5 Å². The molecule has 204 valence electrons. The molecule has 1 aromatic rings. The van der Waals surface area contributed by atoms with Crippen molar-refractivity contribution in [3.05, 3.63) is 35.9 Å². The molecule has 3 N–H and O–H groups in total. The van der Waals surface area contributed by atoms with E-state index in [1.165, 1.54) is 0 Å². The number of aliphatic hydroxyl groups is 1. The molecule has 3 aliphatic heterocycles. The van der Waals surface area contributed by atoms with Crippen molar-refractivity contribution in [1.29, 1.82) is 0 Å². The molecule has 4 rings (SSSR count). The summed E-state index contributed by atoms with van der Waals surface area (Å²) in [6.45, 7) is 11.4. The fraction of sp³-hybridized carbons (Fsp3) is 0.690. The Hall–Kier alpha value is -2.06. The number of likely N-dealkylation sites (tertiary alicyclic amines) is 1. The van der Waals surface area contributed by atoms with Crippen LogP contribution in [-0.2, 0) is 20.9 Å². The molecule has 0 radical (unpaired) electrons. The highest BCUT2D eigenvalue weighted by Gasteiger charge is 2.73. The predicted octanol–water partition coefficient (Wildman–Crippen LogP) is 3.50. The largest absolute Gasteiger partial charge is 0.396 e. The summed E-state index contributed by atoms with van der Waals surface area (Å²) < 4.78 is -0.586. The molecular formula is C29H43N3O4S. The SMILES string of the molecule is CC(C)(C)CC(C)(C)NC(=O)C1N(CCCCO)C(=O)[C@@H]2[C@@H](C(=O)NCc3ccccc3)[C@H]3CCC12S3. The zero-order valence-electron chi connectivity index (χ0n) is 22.9. The number of fused-ring (bicyclic) bond motifs is 1. The molecule has 0 aliphatic carbocycles. The van der Waals surface area contributed by atoms with Gasteiger partial charge in [-0.1, -0.05) is 51.1 Å². The van der Waals surface area contributed by atoms with Gasteiger partial charge in [-0.3, -0.25) is 14.4 Å². The Morgan fingerprint density at radius 1 is 1.11 bits per heavy atom. The normalized spacial score (nSPS) is 28.9. The standard InChI is InChI=1S/C29H43N3O4S/c1-27(2,3)18-28(4,5)31-25(35)23-29-14-13-20(37-29)21(22(29)26(36)32(23)15-9-10-16-33)24(34)30-17-19-11-7-6-8-12-19/h6-8,11-12,20-23,33H,9-10,13-18H2,1-5H3,(H,30,34)(H,31,35)/t20-,21+,22+,23?,29?/m1/s1. The Bertz CT molecular complexity index is 1010. The lowest BCUT2D eigenvalue weighted by Gasteiger charge is -2.38. The fourth-order valence-electron chi connectivity index (χ4n) is 7.06. The number of carbonyl (C=O) groups is 3. The molecular weight excluding hydrogens is 486 g/mol. The average molecular weight is 530 g/mol. The van der Waals surface area contributed by atoms with Crippen LogP contribution in [0.1, 0.15) is 72.3 Å². The van der Waals surface area contributed by atoms with Crippen LogP contribution in [0.4, 0.5) is 0 Å². The first kappa shape index (κ1) is 28.0. The van der Waals surface area contributed by atoms with Gasteiger partial charge in [0.2, 0.25) is 17.7 Å². The first-order valence-electron chi connectivity index (χ1n) is 13.6. The van der Waals surface area contributed by atoms with E-state index in [0.717, 1.165) is 24.8 Å². The van der Waals surface area contributed by atoms with E-state index >= 15 is 0 Å². The molecule has 3 heterocycles. The van der Waals surface area contributed by atoms with Gasteiger partial charge < -0.3 is 20.6 Å². The van der Waals surface area contributed by atoms with Crippen molar-refractivity contribution in [1.82, 2.24) is 15.5 Å². The molecule has 37 heavy (non-hydrogen) atoms. The zero-order chi connectivity index (χ0) is 27.0.